The van der Waals surface area contributed by atoms with Crippen molar-refractivity contribution in [3.63, 3.8) is 0 Å². The number of hydrogen-bond acceptors (Lipinski definition) is 0. The Kier molecular flexibility index (Phi) is 258. The average Bonchev–Trinajstić information content (AvgIpc) is 0. The molecule has 0 aromatic carbocycles. The van der Waals surface area contributed by atoms with Gasteiger partial charge in [-0.1, -0.05) is 0 Å². The van der Waals surface area contributed by atoms with Gasteiger partial charge in [-0.25, -0.2) is 0 Å². The molecule has 33 valence electrons. The van der Waals surface area contributed by atoms with Gasteiger partial charge in [-0.15, -0.1) is 0 Å². The van der Waals surface area contributed by atoms with E-state index in [9.17, 15) is 0 Å². The Hall–Kier alpha value is 2.88. The first-order chi connectivity index (χ1) is 0. The van der Waals surface area contributed by atoms with Crippen molar-refractivity contribution in [2.45, 2.75) is 0 Å². The molecule has 0 bridgehead atoms. The summed E-state index contributed by atoms with van der Waals surface area (Å²) in [6.45, 7) is 0. The molecule has 0 spiro atoms. The smallest absolute Gasteiger partial charge is 0 e. The quantitative estimate of drug-likeness (QED) is 0.483. The van der Waals surface area contributed by atoms with Crippen LogP contribution in [0.4, 0.5) is 0 Å². The minimum Gasteiger partial charge on any atom is 0 e. The van der Waals surface area contributed by atoms with Gasteiger partial charge in [0, 0.05) is 74.8 Å². The van der Waals surface area contributed by atoms with E-state index in [4.69, 9.17) is 0 Å². The second kappa shape index (κ2) is 28.7. The van der Waals surface area contributed by atoms with Gasteiger partial charge in [0.15, 0.2) is 17.4 Å². The number of hydrogen-bond donors (Lipinski definition) is 0. The van der Waals surface area contributed by atoms with Gasteiger partial charge in [0.1, 0.15) is 0 Å². The Morgan fingerprint density at radius 2 is 1.00 bits per heavy atom. The molecule has 0 rings (SSSR count). The zero-order chi connectivity index (χ0) is 0. The van der Waals surface area contributed by atoms with Gasteiger partial charge in [-0.3, -0.25) is 0 Å². The Morgan fingerprint density at radius 1 is 1.00 bits per heavy atom. The van der Waals surface area contributed by atoms with Gasteiger partial charge < -0.3 is 0 Å². The molecule has 0 heterocycles. The van der Waals surface area contributed by atoms with Crippen LogP contribution in [-0.4, -0.2) is 17.4 Å². The number of rotatable bonds is 0. The van der Waals surface area contributed by atoms with Crippen LogP contribution in [0.25, 0.3) is 0 Å². The van der Waals surface area contributed by atoms with E-state index in [1.165, 1.54) is 0 Å². The predicted octanol–water partition coefficient (Wildman–Crippen LogP) is -1.19. The Labute approximate surface area is 90.8 Å². The van der Waals surface area contributed by atoms with Crippen molar-refractivity contribution in [1.82, 2.24) is 0 Å². The molecule has 0 fully saturated rings. The molecule has 0 aliphatic rings. The van der Waals surface area contributed by atoms with Crippen LogP contribution in [0.5, 0.6) is 0 Å². The van der Waals surface area contributed by atoms with Crippen molar-refractivity contribution in [2.24, 2.45) is 0 Å². The van der Waals surface area contributed by atoms with E-state index in [-0.39, 0.29) is 92.1 Å². The van der Waals surface area contributed by atoms with Crippen LogP contribution in [0.1, 0.15) is 0 Å². The molecular formula is H3AlCuNiTiZn. The summed E-state index contributed by atoms with van der Waals surface area (Å²) in [4.78, 5) is 0. The van der Waals surface area contributed by atoms with Gasteiger partial charge in [-0.05, 0) is 0 Å². The second-order valence-electron chi connectivity index (χ2n) is 0. The minimum atomic E-state index is 0. The van der Waals surface area contributed by atoms with Crippen molar-refractivity contribution in [2.75, 3.05) is 0 Å². The largest absolute Gasteiger partial charge is 0.187 e. The monoisotopic (exact) mass is 263 g/mol. The Bertz CT molecular complexity index is 11.6. The predicted molar refractivity (Wildman–Crippen MR) is 9.94 cm³/mol. The van der Waals surface area contributed by atoms with Gasteiger partial charge in [0.05, 0.1) is 0 Å². The van der Waals surface area contributed by atoms with Crippen LogP contribution in [-0.2, 0) is 74.8 Å². The van der Waals surface area contributed by atoms with E-state index in [0.29, 0.717) is 0 Å². The fourth-order valence-electron chi connectivity index (χ4n) is 0. The first kappa shape index (κ1) is 44.9. The van der Waals surface area contributed by atoms with Crippen molar-refractivity contribution >= 4 is 17.4 Å². The summed E-state index contributed by atoms with van der Waals surface area (Å²) in [6, 6.07) is 0. The summed E-state index contributed by atoms with van der Waals surface area (Å²) in [5.41, 5.74) is 0. The zero-order valence-electron chi connectivity index (χ0n) is 1.82. The van der Waals surface area contributed by atoms with Crippen LogP contribution < -0.4 is 0 Å². The van der Waals surface area contributed by atoms with E-state index in [2.05, 4.69) is 0 Å². The van der Waals surface area contributed by atoms with Crippen molar-refractivity contribution < 1.29 is 74.8 Å². The minimum absolute atomic E-state index is 0. The maximum Gasteiger partial charge on any atom is 0.187 e. The summed E-state index contributed by atoms with van der Waals surface area (Å²) >= 11 is 0. The Balaban J connectivity index is 0. The Morgan fingerprint density at radius 3 is 1.00 bits per heavy atom. The zero-order valence-corrected chi connectivity index (χ0v) is 8.28. The molecule has 0 aromatic rings. The molecule has 0 saturated heterocycles. The van der Waals surface area contributed by atoms with Crippen molar-refractivity contribution in [3.05, 3.63) is 0 Å². The molecule has 5 heavy (non-hydrogen) atoms. The van der Waals surface area contributed by atoms with Crippen LogP contribution in [0, 0.1) is 0 Å². The standard InChI is InChI=1S/Al.Cu.Ni.Ti.Zn.3H. The van der Waals surface area contributed by atoms with E-state index in [1.54, 1.807) is 0 Å². The van der Waals surface area contributed by atoms with Crippen LogP contribution >= 0.6 is 0 Å². The van der Waals surface area contributed by atoms with E-state index < -0.39 is 0 Å². The van der Waals surface area contributed by atoms with Crippen LogP contribution in [0.15, 0.2) is 0 Å². The van der Waals surface area contributed by atoms with E-state index in [1.807, 2.05) is 0 Å². The average molecular weight is 266 g/mol. The molecule has 0 unspecified atom stereocenters. The van der Waals surface area contributed by atoms with Gasteiger partial charge in [-0.2, -0.15) is 0 Å². The first-order valence-corrected chi connectivity index (χ1v) is 0. The topological polar surface area (TPSA) is 0 Å². The van der Waals surface area contributed by atoms with Crippen molar-refractivity contribution in [1.29, 1.82) is 0 Å². The molecule has 5 heteroatoms. The third-order valence-corrected chi connectivity index (χ3v) is 0. The summed E-state index contributed by atoms with van der Waals surface area (Å²) in [5, 5.41) is 0. The fraction of sp³-hybridized carbons (Fsp3) is 0. The molecule has 0 amide bonds. The fourth-order valence-corrected chi connectivity index (χ4v) is 0. The van der Waals surface area contributed by atoms with E-state index in [0.717, 1.165) is 0 Å². The van der Waals surface area contributed by atoms with Crippen LogP contribution in [0.3, 0.4) is 0 Å². The third-order valence-electron chi connectivity index (χ3n) is 0. The molecule has 1 radical (unpaired) electrons. The van der Waals surface area contributed by atoms with Gasteiger partial charge >= 0.3 is 0 Å². The molecule has 0 aliphatic carbocycles. The summed E-state index contributed by atoms with van der Waals surface area (Å²) in [5.74, 6) is 0. The van der Waals surface area contributed by atoms with Gasteiger partial charge in [0.25, 0.3) is 0 Å². The molecular weight excluding hydrogens is 262 g/mol. The molecule has 0 atom stereocenters. The summed E-state index contributed by atoms with van der Waals surface area (Å²) in [7, 11) is 0. The van der Waals surface area contributed by atoms with E-state index >= 15 is 0 Å². The maximum atomic E-state index is 0. The first-order valence-electron chi connectivity index (χ1n) is 0. The third kappa shape index (κ3) is 19.7. The molecule has 0 aromatic heterocycles. The van der Waals surface area contributed by atoms with Crippen LogP contribution in [0.2, 0.25) is 0 Å². The van der Waals surface area contributed by atoms with Crippen molar-refractivity contribution in [3.8, 4) is 0 Å². The van der Waals surface area contributed by atoms with Gasteiger partial charge in [0.2, 0.25) is 0 Å². The molecule has 0 saturated carbocycles. The second-order valence-corrected chi connectivity index (χ2v) is 0. The summed E-state index contributed by atoms with van der Waals surface area (Å²) in [6.07, 6.45) is 0. The normalized spacial score (nSPS) is 0. The molecule has 0 nitrogen and oxygen atoms in total. The molecule has 0 N–H and O–H groups in total. The summed E-state index contributed by atoms with van der Waals surface area (Å²) < 4.78 is 0. The SMILES string of the molecule is [AlH3].[Cu].[Ni].[Ti].[Zn]. The molecule has 0 aliphatic heterocycles. The maximum absolute atomic E-state index is 0.